The number of nitrogens with one attached hydrogen (secondary N) is 2. The molecule has 172 valence electrons. The number of hydrogen-bond acceptors (Lipinski definition) is 4. The zero-order valence-corrected chi connectivity index (χ0v) is 17.8. The van der Waals surface area contributed by atoms with Crippen LogP contribution in [-0.2, 0) is 11.0 Å². The molecule has 0 spiro atoms. The molecule has 9 heteroatoms. The molecule has 3 aromatic carbocycles. The third-order valence-electron chi connectivity index (χ3n) is 4.56. The number of rotatable bonds is 7. The third-order valence-corrected chi connectivity index (χ3v) is 4.56. The van der Waals surface area contributed by atoms with Crippen molar-refractivity contribution >= 4 is 23.2 Å². The summed E-state index contributed by atoms with van der Waals surface area (Å²) in [6.07, 6.45) is -4.51. The fourth-order valence-electron chi connectivity index (χ4n) is 2.92. The van der Waals surface area contributed by atoms with Crippen LogP contribution < -0.4 is 20.1 Å². The lowest BCUT2D eigenvalue weighted by molar-refractivity contribution is -0.137. The minimum Gasteiger partial charge on any atom is -0.493 e. The first-order valence-electron chi connectivity index (χ1n) is 9.81. The van der Waals surface area contributed by atoms with Crippen LogP contribution in [0.25, 0.3) is 0 Å². The van der Waals surface area contributed by atoms with Gasteiger partial charge in [-0.1, -0.05) is 12.1 Å². The van der Waals surface area contributed by atoms with Crippen LogP contribution in [0.15, 0.2) is 66.7 Å². The summed E-state index contributed by atoms with van der Waals surface area (Å²) in [4.78, 5) is 24.5. The van der Waals surface area contributed by atoms with Gasteiger partial charge in [0.25, 0.3) is 11.8 Å². The topological polar surface area (TPSA) is 76.7 Å². The summed E-state index contributed by atoms with van der Waals surface area (Å²) in [7, 11) is 1.51. The molecule has 0 aliphatic carbocycles. The Morgan fingerprint density at radius 2 is 1.61 bits per heavy atom. The van der Waals surface area contributed by atoms with E-state index in [2.05, 4.69) is 10.6 Å². The molecule has 0 unspecified atom stereocenters. The Morgan fingerprint density at radius 1 is 0.879 bits per heavy atom. The Bertz CT molecular complexity index is 1150. The number of carbonyl (C=O) groups is 2. The number of halogens is 3. The second-order valence-electron chi connectivity index (χ2n) is 7.10. The maximum Gasteiger partial charge on any atom is 0.416 e. The largest absolute Gasteiger partial charge is 0.493 e. The molecule has 0 radical (unpaired) electrons. The molecule has 0 aliphatic heterocycles. The first kappa shape index (κ1) is 23.6. The second-order valence-corrected chi connectivity index (χ2v) is 7.10. The Morgan fingerprint density at radius 3 is 2.27 bits per heavy atom. The van der Waals surface area contributed by atoms with E-state index in [0.29, 0.717) is 17.2 Å². The smallest absolute Gasteiger partial charge is 0.416 e. The zero-order chi connectivity index (χ0) is 24.0. The van der Waals surface area contributed by atoms with Crippen LogP contribution in [-0.4, -0.2) is 25.5 Å². The van der Waals surface area contributed by atoms with Crippen molar-refractivity contribution in [3.05, 3.63) is 83.4 Å². The summed E-state index contributed by atoms with van der Waals surface area (Å²) < 4.78 is 49.2. The Kier molecular flexibility index (Phi) is 7.22. The van der Waals surface area contributed by atoms with Gasteiger partial charge < -0.3 is 20.1 Å². The van der Waals surface area contributed by atoms with E-state index < -0.39 is 23.6 Å². The summed E-state index contributed by atoms with van der Waals surface area (Å²) in [6.45, 7) is 1.65. The van der Waals surface area contributed by atoms with E-state index in [0.717, 1.165) is 17.7 Å². The number of methoxy groups -OCH3 is 1. The van der Waals surface area contributed by atoms with Crippen LogP contribution in [0, 0.1) is 6.92 Å². The number of benzene rings is 3. The summed E-state index contributed by atoms with van der Waals surface area (Å²) in [5.74, 6) is -0.0559. The lowest BCUT2D eigenvalue weighted by Gasteiger charge is -2.12. The molecule has 0 heterocycles. The normalized spacial score (nSPS) is 10.9. The fraction of sp³-hybridized carbons (Fsp3) is 0.167. The van der Waals surface area contributed by atoms with E-state index in [9.17, 15) is 22.8 Å². The van der Waals surface area contributed by atoms with E-state index in [-0.39, 0.29) is 17.9 Å². The lowest BCUT2D eigenvalue weighted by atomic mass is 10.1. The van der Waals surface area contributed by atoms with Gasteiger partial charge in [0.15, 0.2) is 18.1 Å². The second kappa shape index (κ2) is 10.1. The summed E-state index contributed by atoms with van der Waals surface area (Å²) in [5, 5.41) is 5.07. The Hall–Kier alpha value is -4.01. The monoisotopic (exact) mass is 458 g/mol. The molecule has 0 bridgehead atoms. The number of aryl methyl sites for hydroxylation is 1. The van der Waals surface area contributed by atoms with Crippen molar-refractivity contribution in [1.82, 2.24) is 0 Å². The van der Waals surface area contributed by atoms with Gasteiger partial charge in [0.2, 0.25) is 0 Å². The van der Waals surface area contributed by atoms with Gasteiger partial charge in [-0.05, 0) is 67.1 Å². The van der Waals surface area contributed by atoms with Crippen LogP contribution >= 0.6 is 0 Å². The van der Waals surface area contributed by atoms with Crippen molar-refractivity contribution < 1.29 is 32.2 Å². The minimum absolute atomic E-state index is 0.0240. The first-order valence-corrected chi connectivity index (χ1v) is 9.81. The van der Waals surface area contributed by atoms with E-state index >= 15 is 0 Å². The highest BCUT2D eigenvalue weighted by Crippen LogP contribution is 2.31. The molecule has 3 rings (SSSR count). The zero-order valence-electron chi connectivity index (χ0n) is 17.8. The van der Waals surface area contributed by atoms with Crippen molar-refractivity contribution in [2.45, 2.75) is 13.1 Å². The maximum atomic E-state index is 12.8. The molecular formula is C24H21F3N2O4. The summed E-state index contributed by atoms with van der Waals surface area (Å²) in [6, 6.07) is 15.6. The predicted molar refractivity (Wildman–Crippen MR) is 118 cm³/mol. The molecule has 0 saturated carbocycles. The number of carbonyl (C=O) groups excluding carboxylic acids is 2. The lowest BCUT2D eigenvalue weighted by Crippen LogP contribution is -2.20. The summed E-state index contributed by atoms with van der Waals surface area (Å²) >= 11 is 0. The van der Waals surface area contributed by atoms with Gasteiger partial charge in [-0.3, -0.25) is 9.59 Å². The molecule has 33 heavy (non-hydrogen) atoms. The number of alkyl halides is 3. The Labute approximate surface area is 188 Å². The number of ether oxygens (including phenoxy) is 2. The van der Waals surface area contributed by atoms with Crippen LogP contribution in [0.2, 0.25) is 0 Å². The average Bonchev–Trinajstić information content (AvgIpc) is 2.78. The van der Waals surface area contributed by atoms with Crippen LogP contribution in [0.1, 0.15) is 21.5 Å². The quantitative estimate of drug-likeness (QED) is 0.504. The van der Waals surface area contributed by atoms with E-state index in [1.165, 1.54) is 43.5 Å². The molecule has 6 nitrogen and oxygen atoms in total. The van der Waals surface area contributed by atoms with E-state index in [1.807, 2.05) is 13.0 Å². The van der Waals surface area contributed by atoms with Crippen molar-refractivity contribution in [2.75, 3.05) is 24.4 Å². The molecule has 0 fully saturated rings. The third kappa shape index (κ3) is 6.49. The van der Waals surface area contributed by atoms with Crippen molar-refractivity contribution in [3.8, 4) is 11.5 Å². The fourth-order valence-corrected chi connectivity index (χ4v) is 2.92. The average molecular weight is 458 g/mol. The molecule has 2 amide bonds. The highest BCUT2D eigenvalue weighted by atomic mass is 19.4. The standard InChI is InChI=1S/C24H21F3N2O4/c1-15-6-11-20(21(12-15)32-2)33-14-22(30)28-18-9-7-16(8-10-18)23(31)29-19-5-3-4-17(13-19)24(25,26)27/h3-13H,14H2,1-2H3,(H,28,30)(H,29,31). The van der Waals surface area contributed by atoms with E-state index in [1.54, 1.807) is 12.1 Å². The highest BCUT2D eigenvalue weighted by Gasteiger charge is 2.30. The van der Waals surface area contributed by atoms with Gasteiger partial charge in [-0.15, -0.1) is 0 Å². The van der Waals surface area contributed by atoms with Gasteiger partial charge in [0, 0.05) is 16.9 Å². The van der Waals surface area contributed by atoms with Gasteiger partial charge in [0.1, 0.15) is 0 Å². The summed E-state index contributed by atoms with van der Waals surface area (Å²) in [5.41, 5.74) is 0.793. The molecule has 3 aromatic rings. The van der Waals surface area contributed by atoms with Gasteiger partial charge >= 0.3 is 6.18 Å². The number of hydrogen-bond donors (Lipinski definition) is 2. The van der Waals surface area contributed by atoms with Gasteiger partial charge in [0.05, 0.1) is 12.7 Å². The van der Waals surface area contributed by atoms with Crippen LogP contribution in [0.5, 0.6) is 11.5 Å². The number of anilines is 2. The number of amides is 2. The van der Waals surface area contributed by atoms with Gasteiger partial charge in [-0.2, -0.15) is 13.2 Å². The van der Waals surface area contributed by atoms with Crippen LogP contribution in [0.3, 0.4) is 0 Å². The van der Waals surface area contributed by atoms with Crippen molar-refractivity contribution in [3.63, 3.8) is 0 Å². The van der Waals surface area contributed by atoms with Crippen molar-refractivity contribution in [2.24, 2.45) is 0 Å². The first-order chi connectivity index (χ1) is 15.7. The minimum atomic E-state index is -4.51. The maximum absolute atomic E-state index is 12.8. The SMILES string of the molecule is COc1cc(C)ccc1OCC(=O)Nc1ccc(C(=O)Nc2cccc(C(F)(F)F)c2)cc1. The predicted octanol–water partition coefficient (Wildman–Crippen LogP) is 5.29. The highest BCUT2D eigenvalue weighted by molar-refractivity contribution is 6.04. The van der Waals surface area contributed by atoms with Crippen molar-refractivity contribution in [1.29, 1.82) is 0 Å². The molecular weight excluding hydrogens is 437 g/mol. The Balaban J connectivity index is 1.56. The van der Waals surface area contributed by atoms with Crippen LogP contribution in [0.4, 0.5) is 24.5 Å². The molecule has 0 aromatic heterocycles. The molecule has 2 N–H and O–H groups in total. The van der Waals surface area contributed by atoms with Gasteiger partial charge in [-0.25, -0.2) is 0 Å². The molecule has 0 aliphatic rings. The molecule has 0 atom stereocenters. The van der Waals surface area contributed by atoms with E-state index in [4.69, 9.17) is 9.47 Å². The molecule has 0 saturated heterocycles.